The highest BCUT2D eigenvalue weighted by Crippen LogP contribution is 2.36. The monoisotopic (exact) mass is 560 g/mol. The fraction of sp³-hybridized carbons (Fsp3) is 0.192. The summed E-state index contributed by atoms with van der Waals surface area (Å²) in [5.74, 6) is -0.186. The van der Waals surface area contributed by atoms with E-state index in [1.807, 2.05) is 19.0 Å². The van der Waals surface area contributed by atoms with Gasteiger partial charge in [-0.05, 0) is 68.7 Å². The van der Waals surface area contributed by atoms with E-state index < -0.39 is 35.4 Å². The molecule has 0 fully saturated rings. The molecule has 0 unspecified atom stereocenters. The third-order valence-corrected chi connectivity index (χ3v) is 5.51. The Morgan fingerprint density at radius 3 is 2.38 bits per heavy atom. The normalized spacial score (nSPS) is 11.5. The zero-order chi connectivity index (χ0) is 29.0. The Morgan fingerprint density at radius 2 is 1.73 bits per heavy atom. The van der Waals surface area contributed by atoms with E-state index in [2.05, 4.69) is 15.3 Å². The number of benzene rings is 3. The number of H-pyrrole nitrogens is 1. The number of imidazole rings is 1. The number of likely N-dealkylation sites (N-methyl/N-ethyl adjacent to an activating group) is 1. The van der Waals surface area contributed by atoms with E-state index in [-0.39, 0.29) is 18.2 Å². The molecule has 210 valence electrons. The number of ether oxygens (including phenoxy) is 2. The van der Waals surface area contributed by atoms with Gasteiger partial charge in [0.2, 0.25) is 5.95 Å². The Kier molecular flexibility index (Phi) is 8.09. The second-order valence-electron chi connectivity index (χ2n) is 8.76. The molecule has 3 aromatic carbocycles. The largest absolute Gasteiger partial charge is 0.457 e. The molecular formula is C26H24F4N6O4. The first-order chi connectivity index (χ1) is 18.9. The first kappa shape index (κ1) is 28.2. The van der Waals surface area contributed by atoms with Crippen molar-refractivity contribution >= 4 is 40.5 Å². The Balaban J connectivity index is 1.48. The van der Waals surface area contributed by atoms with E-state index in [4.69, 9.17) is 15.2 Å². The maximum absolute atomic E-state index is 14.4. The van der Waals surface area contributed by atoms with E-state index in [0.29, 0.717) is 52.2 Å². The number of hydrogen-bond acceptors (Lipinski definition) is 6. The number of aromatic nitrogens is 2. The first-order valence-electron chi connectivity index (χ1n) is 11.7. The van der Waals surface area contributed by atoms with Crippen LogP contribution in [0.15, 0.2) is 60.7 Å². The maximum Gasteiger partial charge on any atom is 0.416 e. The molecule has 1 heterocycles. The molecule has 0 spiro atoms. The van der Waals surface area contributed by atoms with Gasteiger partial charge in [0.25, 0.3) is 0 Å². The fourth-order valence-electron chi connectivity index (χ4n) is 3.61. The van der Waals surface area contributed by atoms with Gasteiger partial charge in [-0.2, -0.15) is 13.2 Å². The number of aromatic amines is 1. The summed E-state index contributed by atoms with van der Waals surface area (Å²) < 4.78 is 64.7. The van der Waals surface area contributed by atoms with Crippen LogP contribution < -0.4 is 20.7 Å². The van der Waals surface area contributed by atoms with Crippen molar-refractivity contribution in [2.75, 3.05) is 37.5 Å². The van der Waals surface area contributed by atoms with E-state index in [1.165, 1.54) is 24.3 Å². The van der Waals surface area contributed by atoms with Gasteiger partial charge in [0, 0.05) is 12.6 Å². The van der Waals surface area contributed by atoms with Crippen LogP contribution in [0.25, 0.3) is 11.0 Å². The lowest BCUT2D eigenvalue weighted by atomic mass is 10.1. The molecule has 0 aliphatic heterocycles. The number of amides is 3. The first-order valence-corrected chi connectivity index (χ1v) is 11.7. The van der Waals surface area contributed by atoms with Gasteiger partial charge in [-0.15, -0.1) is 0 Å². The Hall–Kier alpha value is -4.85. The van der Waals surface area contributed by atoms with Crippen LogP contribution in [0, 0.1) is 5.82 Å². The van der Waals surface area contributed by atoms with Crippen LogP contribution in [0.3, 0.4) is 0 Å². The molecule has 4 aromatic rings. The van der Waals surface area contributed by atoms with E-state index >= 15 is 0 Å². The number of primary amides is 1. The van der Waals surface area contributed by atoms with Crippen LogP contribution in [-0.2, 0) is 10.9 Å². The number of nitrogens with zero attached hydrogens (tertiary/aromatic N) is 3. The second kappa shape index (κ2) is 11.5. The summed E-state index contributed by atoms with van der Waals surface area (Å²) in [6.07, 6.45) is -5.40. The van der Waals surface area contributed by atoms with Gasteiger partial charge >= 0.3 is 18.3 Å². The molecule has 10 nitrogen and oxygen atoms in total. The number of anilines is 3. The number of nitrogens with one attached hydrogen (secondary N) is 2. The second-order valence-corrected chi connectivity index (χ2v) is 8.76. The highest BCUT2D eigenvalue weighted by atomic mass is 19.4. The van der Waals surface area contributed by atoms with Gasteiger partial charge in [0.1, 0.15) is 23.9 Å². The molecule has 0 aliphatic carbocycles. The number of alkyl halides is 3. The molecule has 4 rings (SSSR count). The summed E-state index contributed by atoms with van der Waals surface area (Å²) in [4.78, 5) is 33.7. The molecule has 0 saturated heterocycles. The van der Waals surface area contributed by atoms with Crippen molar-refractivity contribution in [3.05, 3.63) is 72.0 Å². The van der Waals surface area contributed by atoms with Gasteiger partial charge < -0.3 is 25.1 Å². The molecule has 14 heteroatoms. The molecule has 40 heavy (non-hydrogen) atoms. The van der Waals surface area contributed by atoms with Crippen LogP contribution in [0.2, 0.25) is 0 Å². The summed E-state index contributed by atoms with van der Waals surface area (Å²) in [6.45, 7) is 0.778. The number of halogens is 4. The van der Waals surface area contributed by atoms with Crippen molar-refractivity contribution in [2.45, 2.75) is 6.18 Å². The maximum atomic E-state index is 14.4. The molecule has 3 amide bonds. The van der Waals surface area contributed by atoms with Crippen molar-refractivity contribution in [2.24, 2.45) is 5.73 Å². The molecule has 0 saturated carbocycles. The predicted octanol–water partition coefficient (Wildman–Crippen LogP) is 5.84. The number of fused-ring (bicyclic) bond motifs is 1. The number of urea groups is 1. The summed E-state index contributed by atoms with van der Waals surface area (Å²) >= 11 is 0. The number of carbonyl (C=O) groups is 2. The molecule has 0 radical (unpaired) electrons. The van der Waals surface area contributed by atoms with Crippen molar-refractivity contribution in [3.63, 3.8) is 0 Å². The Labute approximate surface area is 225 Å². The van der Waals surface area contributed by atoms with Gasteiger partial charge in [0.15, 0.2) is 0 Å². The van der Waals surface area contributed by atoms with Crippen LogP contribution in [0.5, 0.6) is 11.5 Å². The quantitative estimate of drug-likeness (QED) is 0.233. The summed E-state index contributed by atoms with van der Waals surface area (Å²) in [5.41, 5.74) is 4.72. The topological polar surface area (TPSA) is 126 Å². The summed E-state index contributed by atoms with van der Waals surface area (Å²) in [5, 5.41) is 2.51. The summed E-state index contributed by atoms with van der Waals surface area (Å²) in [7, 11) is 3.71. The van der Waals surface area contributed by atoms with Crippen LogP contribution >= 0.6 is 0 Å². The molecular weight excluding hydrogens is 536 g/mol. The van der Waals surface area contributed by atoms with E-state index in [1.54, 1.807) is 18.2 Å². The molecule has 0 aliphatic rings. The SMILES string of the molecule is CN(C)CCOC(=O)Nc1nc2ccc(Oc3ccc(N(C(N)=O)c4cc(C(F)(F)F)ccc4F)cc3)cc2[nH]1. The molecule has 1 aromatic heterocycles. The third kappa shape index (κ3) is 6.77. The number of carbonyl (C=O) groups excluding carboxylic acids is 2. The van der Waals surface area contributed by atoms with Gasteiger partial charge in [-0.25, -0.2) is 19.0 Å². The number of nitrogens with two attached hydrogens (primary N) is 1. The zero-order valence-corrected chi connectivity index (χ0v) is 21.3. The van der Waals surface area contributed by atoms with Crippen LogP contribution in [0.4, 0.5) is 44.5 Å². The number of rotatable bonds is 8. The van der Waals surface area contributed by atoms with Crippen molar-refractivity contribution < 1.29 is 36.6 Å². The Morgan fingerprint density at radius 1 is 1.02 bits per heavy atom. The average molecular weight is 561 g/mol. The molecule has 0 bridgehead atoms. The van der Waals surface area contributed by atoms with Crippen LogP contribution in [0.1, 0.15) is 5.56 Å². The minimum atomic E-state index is -4.74. The highest BCUT2D eigenvalue weighted by Gasteiger charge is 2.32. The fourth-order valence-corrected chi connectivity index (χ4v) is 3.61. The smallest absolute Gasteiger partial charge is 0.416 e. The van der Waals surface area contributed by atoms with Gasteiger partial charge in [-0.1, -0.05) is 0 Å². The summed E-state index contributed by atoms with van der Waals surface area (Å²) in [6, 6.07) is 11.0. The van der Waals surface area contributed by atoms with Gasteiger partial charge in [-0.3, -0.25) is 10.2 Å². The minimum Gasteiger partial charge on any atom is -0.457 e. The van der Waals surface area contributed by atoms with Crippen molar-refractivity contribution in [3.8, 4) is 11.5 Å². The zero-order valence-electron chi connectivity index (χ0n) is 21.3. The van der Waals surface area contributed by atoms with Crippen molar-refractivity contribution in [1.29, 1.82) is 0 Å². The van der Waals surface area contributed by atoms with Crippen molar-refractivity contribution in [1.82, 2.24) is 14.9 Å². The van der Waals surface area contributed by atoms with E-state index in [0.717, 1.165) is 0 Å². The Bertz CT molecular complexity index is 1520. The lowest BCUT2D eigenvalue weighted by molar-refractivity contribution is -0.137. The lowest BCUT2D eigenvalue weighted by Crippen LogP contribution is -2.32. The standard InChI is InChI=1S/C26H24F4N6O4/c1-35(2)11-12-39-25(38)34-24-32-20-10-8-18(14-21(20)33-24)40-17-6-4-16(5-7-17)36(23(31)37)22-13-15(26(28,29)30)3-9-19(22)27/h3-10,13-14H,11-12H2,1-2H3,(H2,31,37)(H2,32,33,34,38). The highest BCUT2D eigenvalue weighted by molar-refractivity contribution is 5.98. The number of hydrogen-bond donors (Lipinski definition) is 3. The predicted molar refractivity (Wildman–Crippen MR) is 139 cm³/mol. The van der Waals surface area contributed by atoms with E-state index in [9.17, 15) is 27.2 Å². The van der Waals surface area contributed by atoms with Crippen LogP contribution in [-0.4, -0.2) is 54.2 Å². The third-order valence-electron chi connectivity index (χ3n) is 5.51. The molecule has 4 N–H and O–H groups in total. The van der Waals surface area contributed by atoms with Gasteiger partial charge in [0.05, 0.1) is 28.0 Å². The average Bonchev–Trinajstić information content (AvgIpc) is 3.26. The molecule has 0 atom stereocenters. The lowest BCUT2D eigenvalue weighted by Gasteiger charge is -2.22. The minimum absolute atomic E-state index is 0.0234.